The molecule has 0 saturated carbocycles. The molecule has 2 aromatic heterocycles. The first-order valence-corrected chi connectivity index (χ1v) is 11.7. The van der Waals surface area contributed by atoms with Gasteiger partial charge >= 0.3 is 11.9 Å². The van der Waals surface area contributed by atoms with Gasteiger partial charge in [0.05, 0.1) is 25.6 Å². The Morgan fingerprint density at radius 1 is 1.08 bits per heavy atom. The number of methoxy groups -OCH3 is 2. The Labute approximate surface area is 209 Å². The molecule has 0 aliphatic carbocycles. The topological polar surface area (TPSA) is 135 Å². The Balaban J connectivity index is 0.000000392. The van der Waals surface area contributed by atoms with Crippen molar-refractivity contribution in [3.05, 3.63) is 60.1 Å². The highest BCUT2D eigenvalue weighted by atomic mass is 16.5. The number of ether oxygens (including phenoxy) is 2. The molecule has 10 nitrogen and oxygen atoms in total. The van der Waals surface area contributed by atoms with Gasteiger partial charge in [0, 0.05) is 30.3 Å². The molecular weight excluding hydrogens is 466 g/mol. The molecule has 192 valence electrons. The Kier molecular flexibility index (Phi) is 9.82. The van der Waals surface area contributed by atoms with E-state index in [0.717, 1.165) is 55.2 Å². The minimum atomic E-state index is -1.26. The normalized spacial score (nSPS) is 14.4. The molecule has 10 heteroatoms. The van der Waals surface area contributed by atoms with Crippen molar-refractivity contribution in [2.45, 2.75) is 32.2 Å². The third-order valence-electron chi connectivity index (χ3n) is 6.03. The smallest absolute Gasteiger partial charge is 0.328 e. The van der Waals surface area contributed by atoms with Crippen LogP contribution in [0.15, 0.2) is 53.2 Å². The number of aryl methyl sites for hydroxylation is 1. The molecular formula is C26H31N3O7. The number of aromatic nitrogens is 2. The van der Waals surface area contributed by atoms with Gasteiger partial charge in [-0.15, -0.1) is 0 Å². The van der Waals surface area contributed by atoms with Gasteiger partial charge in [-0.05, 0) is 69.0 Å². The zero-order valence-corrected chi connectivity index (χ0v) is 20.4. The second kappa shape index (κ2) is 13.2. The Morgan fingerprint density at radius 3 is 2.39 bits per heavy atom. The van der Waals surface area contributed by atoms with Gasteiger partial charge in [0.2, 0.25) is 11.3 Å². The standard InChI is InChI=1S/C22H27N3O3.C4H4O4/c1-26-20-9-7-18-19(24-28-21(18)22(20)27-2)8-6-16-10-13-25(14-11-16)15-17-5-3-4-12-23-17;5-3(6)1-2-4(7)8/h3-5,7,9,12,16H,6,8,10-11,13-15H2,1-2H3;1-2H,(H,5,6)(H,7,8). The van der Waals surface area contributed by atoms with E-state index in [0.29, 0.717) is 29.2 Å². The van der Waals surface area contributed by atoms with Gasteiger partial charge in [-0.25, -0.2) is 9.59 Å². The van der Waals surface area contributed by atoms with Gasteiger partial charge < -0.3 is 24.2 Å². The number of carbonyl (C=O) groups is 2. The molecule has 36 heavy (non-hydrogen) atoms. The van der Waals surface area contributed by atoms with Crippen LogP contribution in [0.4, 0.5) is 0 Å². The van der Waals surface area contributed by atoms with Crippen molar-refractivity contribution in [3.8, 4) is 11.5 Å². The van der Waals surface area contributed by atoms with Gasteiger partial charge in [-0.2, -0.15) is 0 Å². The molecule has 2 N–H and O–H groups in total. The van der Waals surface area contributed by atoms with Crippen LogP contribution in [-0.2, 0) is 22.6 Å². The number of likely N-dealkylation sites (tertiary alicyclic amines) is 1. The number of carboxylic acid groups (broad SMARTS) is 2. The monoisotopic (exact) mass is 497 g/mol. The van der Waals surface area contributed by atoms with Crippen LogP contribution in [0.2, 0.25) is 0 Å². The summed E-state index contributed by atoms with van der Waals surface area (Å²) in [6.07, 6.45) is 7.49. The maximum absolute atomic E-state index is 9.55. The van der Waals surface area contributed by atoms with E-state index in [1.54, 1.807) is 14.2 Å². The van der Waals surface area contributed by atoms with Crippen molar-refractivity contribution in [3.63, 3.8) is 0 Å². The number of carboxylic acids is 2. The molecule has 0 spiro atoms. The Bertz CT molecular complexity index is 1150. The van der Waals surface area contributed by atoms with E-state index in [1.807, 2.05) is 24.4 Å². The maximum atomic E-state index is 9.55. The third-order valence-corrected chi connectivity index (χ3v) is 6.03. The van der Waals surface area contributed by atoms with E-state index < -0.39 is 11.9 Å². The molecule has 4 rings (SSSR count). The van der Waals surface area contributed by atoms with Crippen LogP contribution in [-0.4, -0.2) is 64.5 Å². The molecule has 0 atom stereocenters. The predicted molar refractivity (Wildman–Crippen MR) is 132 cm³/mol. The van der Waals surface area contributed by atoms with Crippen molar-refractivity contribution in [2.24, 2.45) is 5.92 Å². The average Bonchev–Trinajstić information content (AvgIpc) is 3.30. The van der Waals surface area contributed by atoms with Crippen molar-refractivity contribution >= 4 is 22.9 Å². The van der Waals surface area contributed by atoms with E-state index in [2.05, 4.69) is 27.2 Å². The summed E-state index contributed by atoms with van der Waals surface area (Å²) >= 11 is 0. The highest BCUT2D eigenvalue weighted by Crippen LogP contribution is 2.37. The van der Waals surface area contributed by atoms with Crippen LogP contribution in [0.3, 0.4) is 0 Å². The number of hydrogen-bond donors (Lipinski definition) is 2. The summed E-state index contributed by atoms with van der Waals surface area (Å²) in [5.41, 5.74) is 2.83. The first-order chi connectivity index (χ1) is 17.4. The predicted octanol–water partition coefficient (Wildman–Crippen LogP) is 3.80. The fourth-order valence-electron chi connectivity index (χ4n) is 4.18. The summed E-state index contributed by atoms with van der Waals surface area (Å²) in [7, 11) is 3.25. The summed E-state index contributed by atoms with van der Waals surface area (Å²) < 4.78 is 16.4. The van der Waals surface area contributed by atoms with Crippen molar-refractivity contribution in [2.75, 3.05) is 27.3 Å². The Morgan fingerprint density at radius 2 is 1.81 bits per heavy atom. The SMILES string of the molecule is COc1ccc2c(CCC3CCN(Cc4ccccn4)CC3)noc2c1OC.O=C(O)C=CC(=O)O. The molecule has 1 saturated heterocycles. The molecule has 1 aliphatic heterocycles. The molecule has 0 radical (unpaired) electrons. The number of hydrogen-bond acceptors (Lipinski definition) is 8. The van der Waals surface area contributed by atoms with Gasteiger partial charge in [0.15, 0.2) is 5.75 Å². The van der Waals surface area contributed by atoms with Crippen LogP contribution in [0, 0.1) is 5.92 Å². The van der Waals surface area contributed by atoms with E-state index in [9.17, 15) is 9.59 Å². The Hall–Kier alpha value is -3.92. The van der Waals surface area contributed by atoms with E-state index in [1.165, 1.54) is 12.8 Å². The number of nitrogens with zero attached hydrogens (tertiary/aromatic N) is 3. The molecule has 1 fully saturated rings. The van der Waals surface area contributed by atoms with E-state index in [4.69, 9.17) is 24.2 Å². The van der Waals surface area contributed by atoms with Gasteiger partial charge in [0.1, 0.15) is 0 Å². The van der Waals surface area contributed by atoms with Crippen LogP contribution in [0.1, 0.15) is 30.7 Å². The average molecular weight is 498 g/mol. The molecule has 1 aromatic carbocycles. The fourth-order valence-corrected chi connectivity index (χ4v) is 4.18. The minimum absolute atomic E-state index is 0.558. The number of aliphatic carboxylic acids is 2. The summed E-state index contributed by atoms with van der Waals surface area (Å²) in [6.45, 7) is 3.21. The van der Waals surface area contributed by atoms with Crippen molar-refractivity contribution in [1.29, 1.82) is 0 Å². The molecule has 1 aliphatic rings. The molecule has 3 aromatic rings. The van der Waals surface area contributed by atoms with Gasteiger partial charge in [0.25, 0.3) is 0 Å². The highest BCUT2D eigenvalue weighted by molar-refractivity contribution is 5.89. The summed E-state index contributed by atoms with van der Waals surface area (Å²) in [4.78, 5) is 26.0. The zero-order chi connectivity index (χ0) is 25.9. The first-order valence-electron chi connectivity index (χ1n) is 11.7. The third kappa shape index (κ3) is 7.54. The number of piperidine rings is 1. The van der Waals surface area contributed by atoms with Gasteiger partial charge in [-0.3, -0.25) is 9.88 Å². The van der Waals surface area contributed by atoms with Crippen LogP contribution in [0.25, 0.3) is 11.0 Å². The second-order valence-corrected chi connectivity index (χ2v) is 8.40. The molecule has 0 bridgehead atoms. The van der Waals surface area contributed by atoms with E-state index >= 15 is 0 Å². The largest absolute Gasteiger partial charge is 0.493 e. The lowest BCUT2D eigenvalue weighted by molar-refractivity contribution is -0.134. The number of fused-ring (bicyclic) bond motifs is 1. The van der Waals surface area contributed by atoms with Crippen molar-refractivity contribution < 1.29 is 33.8 Å². The van der Waals surface area contributed by atoms with Crippen molar-refractivity contribution in [1.82, 2.24) is 15.0 Å². The first kappa shape index (κ1) is 26.7. The number of rotatable bonds is 9. The fraction of sp³-hybridized carbons (Fsp3) is 0.385. The van der Waals surface area contributed by atoms with Gasteiger partial charge in [-0.1, -0.05) is 11.2 Å². The minimum Gasteiger partial charge on any atom is -0.493 e. The lowest BCUT2D eigenvalue weighted by Crippen LogP contribution is -2.33. The van der Waals surface area contributed by atoms with Crippen LogP contribution >= 0.6 is 0 Å². The molecule has 0 unspecified atom stereocenters. The molecule has 0 amide bonds. The van der Waals surface area contributed by atoms with E-state index in [-0.39, 0.29) is 0 Å². The lowest BCUT2D eigenvalue weighted by atomic mass is 9.91. The maximum Gasteiger partial charge on any atom is 0.328 e. The second-order valence-electron chi connectivity index (χ2n) is 8.40. The number of benzene rings is 1. The zero-order valence-electron chi connectivity index (χ0n) is 20.4. The highest BCUT2D eigenvalue weighted by Gasteiger charge is 2.22. The quantitative estimate of drug-likeness (QED) is 0.420. The summed E-state index contributed by atoms with van der Waals surface area (Å²) in [5.74, 6) is -0.508. The number of pyridine rings is 1. The van der Waals surface area contributed by atoms with Crippen LogP contribution in [0.5, 0.6) is 11.5 Å². The summed E-state index contributed by atoms with van der Waals surface area (Å²) in [6, 6.07) is 10.1. The lowest BCUT2D eigenvalue weighted by Gasteiger charge is -2.31. The van der Waals surface area contributed by atoms with Crippen LogP contribution < -0.4 is 9.47 Å². The molecule has 3 heterocycles. The summed E-state index contributed by atoms with van der Waals surface area (Å²) in [5, 5.41) is 20.9.